The quantitative estimate of drug-likeness (QED) is 0.101. The van der Waals surface area contributed by atoms with E-state index in [4.69, 9.17) is 20.5 Å². The molecule has 210 valence electrons. The van der Waals surface area contributed by atoms with E-state index < -0.39 is 27.2 Å². The zero-order chi connectivity index (χ0) is 28.3. The molecule has 0 saturated carbocycles. The number of ether oxygens (including phenoxy) is 1. The molecule has 1 atom stereocenters. The maximum absolute atomic E-state index is 11.2. The molecule has 0 N–H and O–H groups in total. The Hall–Kier alpha value is -2.84. The molecular weight excluding hydrogens is 596 g/mol. The van der Waals surface area contributed by atoms with E-state index in [2.05, 4.69) is 0 Å². The molecule has 0 amide bonds. The maximum atomic E-state index is 11.2. The van der Waals surface area contributed by atoms with E-state index in [0.29, 0.717) is 29.6 Å². The summed E-state index contributed by atoms with van der Waals surface area (Å²) in [6, 6.07) is 21.3. The van der Waals surface area contributed by atoms with Crippen LogP contribution in [0.25, 0.3) is 27.4 Å². The first-order chi connectivity index (χ1) is 19.2. The summed E-state index contributed by atoms with van der Waals surface area (Å²) >= 11 is 5.14. The lowest BCUT2D eigenvalue weighted by Crippen LogP contribution is -2.36. The van der Waals surface area contributed by atoms with Crippen molar-refractivity contribution in [2.75, 3.05) is 23.8 Å². The fourth-order valence-electron chi connectivity index (χ4n) is 4.52. The highest BCUT2D eigenvalue weighted by atomic mass is 35.5. The van der Waals surface area contributed by atoms with Gasteiger partial charge in [0.2, 0.25) is 11.4 Å². The zero-order valence-corrected chi connectivity index (χ0v) is 24.2. The molecule has 13 heteroatoms. The number of anilines is 1. The molecule has 1 aromatic heterocycles. The summed E-state index contributed by atoms with van der Waals surface area (Å²) in [6.07, 6.45) is 2.41. The molecule has 3 aromatic carbocycles. The molecule has 0 radical (unpaired) electrons. The van der Waals surface area contributed by atoms with Gasteiger partial charge >= 0.3 is 0 Å². The molecule has 0 aliphatic carbocycles. The number of nitrogens with zero attached hydrogens (tertiary/aromatic N) is 2. The van der Waals surface area contributed by atoms with Crippen LogP contribution in [0.2, 0.25) is 5.02 Å². The maximum Gasteiger partial charge on any atom is 0.268 e. The number of fused-ring (bicyclic) bond motifs is 2. The van der Waals surface area contributed by atoms with E-state index in [1.54, 1.807) is 12.1 Å². The minimum Gasteiger partial charge on any atom is -0.750 e. The fraction of sp³-hybridized carbons (Fsp3) is 0.222. The van der Waals surface area contributed by atoms with E-state index in [1.807, 2.05) is 70.1 Å². The molecule has 40 heavy (non-hydrogen) atoms. The molecule has 1 aliphatic rings. The Morgan fingerprint density at radius 3 is 2.62 bits per heavy atom. The third-order valence-electron chi connectivity index (χ3n) is 6.26. The largest absolute Gasteiger partial charge is 0.750 e. The lowest BCUT2D eigenvalue weighted by molar-refractivity contribution is -0.668. The molecule has 9 nitrogen and oxygen atoms in total. The Morgan fingerprint density at radius 2 is 1.88 bits per heavy atom. The summed E-state index contributed by atoms with van der Waals surface area (Å²) in [6.45, 7) is 0.716. The van der Waals surface area contributed by atoms with Crippen molar-refractivity contribution in [3.05, 3.63) is 82.6 Å². The number of aromatic nitrogens is 1. The van der Waals surface area contributed by atoms with Crippen LogP contribution in [0.15, 0.2) is 72.6 Å². The summed E-state index contributed by atoms with van der Waals surface area (Å²) in [4.78, 5) is 1.96. The van der Waals surface area contributed by atoms with Gasteiger partial charge in [-0.2, -0.15) is 4.57 Å². The Kier molecular flexibility index (Phi) is 8.86. The van der Waals surface area contributed by atoms with Crippen LogP contribution in [0.5, 0.6) is 5.75 Å². The van der Waals surface area contributed by atoms with Crippen LogP contribution in [-0.4, -0.2) is 40.6 Å². The van der Waals surface area contributed by atoms with E-state index in [9.17, 15) is 21.7 Å². The topological polar surface area (TPSA) is 123 Å². The third-order valence-corrected chi connectivity index (χ3v) is 8.75. The van der Waals surface area contributed by atoms with E-state index in [1.165, 1.54) is 11.3 Å². The third kappa shape index (κ3) is 6.89. The average molecular weight is 620 g/mol. The van der Waals surface area contributed by atoms with Crippen molar-refractivity contribution >= 4 is 66.4 Å². The monoisotopic (exact) mass is 619 g/mol. The summed E-state index contributed by atoms with van der Waals surface area (Å²) in [5.41, 5.74) is 3.67. The Balaban J connectivity index is 1.53. The minimum absolute atomic E-state index is 0.0126. The van der Waals surface area contributed by atoms with Crippen molar-refractivity contribution in [3.63, 3.8) is 0 Å². The van der Waals surface area contributed by atoms with Gasteiger partial charge < -0.3 is 22.9 Å². The fourth-order valence-corrected chi connectivity index (χ4v) is 6.51. The van der Waals surface area contributed by atoms with Crippen LogP contribution in [-0.2, 0) is 32.2 Å². The van der Waals surface area contributed by atoms with Gasteiger partial charge in [0.1, 0.15) is 4.70 Å². The summed E-state index contributed by atoms with van der Waals surface area (Å²) in [5.74, 6) is 0.685. The number of thiazole rings is 1. The van der Waals surface area contributed by atoms with Gasteiger partial charge in [-0.15, -0.1) is 0 Å². The lowest BCUT2D eigenvalue weighted by Gasteiger charge is -2.18. The van der Waals surface area contributed by atoms with Crippen LogP contribution in [0.3, 0.4) is 0 Å². The highest BCUT2D eigenvalue weighted by Gasteiger charge is 2.29. The van der Waals surface area contributed by atoms with Gasteiger partial charge in [-0.25, -0.2) is 12.6 Å². The van der Waals surface area contributed by atoms with Gasteiger partial charge in [0, 0.05) is 29.8 Å². The molecule has 5 rings (SSSR count). The van der Waals surface area contributed by atoms with Crippen molar-refractivity contribution < 1.29 is 35.2 Å². The van der Waals surface area contributed by atoms with E-state index >= 15 is 0 Å². The summed E-state index contributed by atoms with van der Waals surface area (Å²) in [7, 11) is -4.36. The van der Waals surface area contributed by atoms with Crippen LogP contribution in [0.4, 0.5) is 5.69 Å². The molecule has 2 heterocycles. The Bertz CT molecular complexity index is 1690. The van der Waals surface area contributed by atoms with Crippen molar-refractivity contribution in [2.24, 2.45) is 0 Å². The summed E-state index contributed by atoms with van der Waals surface area (Å²) in [5, 5.41) is 1.30. The molecule has 4 aromatic rings. The van der Waals surface area contributed by atoms with Crippen LogP contribution in [0.1, 0.15) is 17.8 Å². The first-order valence-corrected chi connectivity index (χ1v) is 16.1. The smallest absolute Gasteiger partial charge is 0.268 e. The number of hydrogen-bond acceptors (Lipinski definition) is 9. The van der Waals surface area contributed by atoms with Crippen LogP contribution >= 0.6 is 22.9 Å². The molecular formula is C27H24ClN2O7S3-. The molecule has 1 aliphatic heterocycles. The molecule has 0 spiro atoms. The number of benzene rings is 3. The second kappa shape index (κ2) is 12.4. The predicted molar refractivity (Wildman–Crippen MR) is 154 cm³/mol. The van der Waals surface area contributed by atoms with Crippen molar-refractivity contribution in [1.82, 2.24) is 0 Å². The van der Waals surface area contributed by atoms with Crippen molar-refractivity contribution in [2.45, 2.75) is 19.4 Å². The average Bonchev–Trinajstić information content (AvgIpc) is 3.43. The number of halogens is 1. The van der Waals surface area contributed by atoms with E-state index in [0.717, 1.165) is 32.0 Å². The second-order valence-corrected chi connectivity index (χ2v) is 12.7. The lowest BCUT2D eigenvalue weighted by atomic mass is 10.0. The molecule has 1 unspecified atom stereocenters. The van der Waals surface area contributed by atoms with Gasteiger partial charge in [0.05, 0.1) is 39.8 Å². The SMILES string of the molecule is O=S([O-])OCCCN1C(=Cc2sc3ccc(Cl)cc3[n+]2CCCS(=O)(=O)[O-])Oc2ccc(-c3ccccc3)cc21. The Morgan fingerprint density at radius 1 is 1.07 bits per heavy atom. The normalized spacial score (nSPS) is 15.0. The van der Waals surface area contributed by atoms with Gasteiger partial charge in [0.15, 0.2) is 12.3 Å². The number of aryl methyl sites for hydroxylation is 1. The number of rotatable bonds is 11. The molecule has 0 saturated heterocycles. The molecule has 0 fully saturated rings. The van der Waals surface area contributed by atoms with Crippen LogP contribution < -0.4 is 14.2 Å². The van der Waals surface area contributed by atoms with Crippen molar-refractivity contribution in [3.8, 4) is 16.9 Å². The first kappa shape index (κ1) is 28.7. The van der Waals surface area contributed by atoms with Crippen molar-refractivity contribution in [1.29, 1.82) is 0 Å². The van der Waals surface area contributed by atoms with Gasteiger partial charge in [0.25, 0.3) is 5.01 Å². The van der Waals surface area contributed by atoms with Gasteiger partial charge in [-0.1, -0.05) is 59.3 Å². The van der Waals surface area contributed by atoms with Crippen LogP contribution in [0, 0.1) is 0 Å². The number of hydrogen-bond donors (Lipinski definition) is 0. The van der Waals surface area contributed by atoms with Gasteiger partial charge in [-0.05, 0) is 41.8 Å². The Labute approximate surface area is 243 Å². The minimum atomic E-state index is -4.36. The highest BCUT2D eigenvalue weighted by molar-refractivity contribution is 7.85. The van der Waals surface area contributed by atoms with Gasteiger partial charge in [-0.3, -0.25) is 0 Å². The zero-order valence-electron chi connectivity index (χ0n) is 21.0. The highest BCUT2D eigenvalue weighted by Crippen LogP contribution is 2.42. The first-order valence-electron chi connectivity index (χ1n) is 12.3. The van der Waals surface area contributed by atoms with E-state index in [-0.39, 0.29) is 19.6 Å². The summed E-state index contributed by atoms with van der Waals surface area (Å²) < 4.78 is 69.3. The second-order valence-electron chi connectivity index (χ2n) is 8.98. The molecule has 0 bridgehead atoms. The standard InChI is InChI=1S/C27H25ClN2O7S3/c28-21-9-11-25-23(17-21)30(13-5-15-40(33,34)35)27(38-25)18-26-29(12-4-14-36-39(31)32)22-16-20(8-10-24(22)37-26)19-6-2-1-3-7-19/h1-3,6-11,16-18H,4-5,12-15H2,(H-,31,32,33,34,35)/p-1. The predicted octanol–water partition coefficient (Wildman–Crippen LogP) is 4.84.